The summed E-state index contributed by atoms with van der Waals surface area (Å²) < 4.78 is 5.16. The van der Waals surface area contributed by atoms with Crippen LogP contribution in [0.15, 0.2) is 23.1 Å². The van der Waals surface area contributed by atoms with Gasteiger partial charge in [0.25, 0.3) is 0 Å². The molecule has 4 heteroatoms. The van der Waals surface area contributed by atoms with E-state index in [4.69, 9.17) is 9.84 Å². The van der Waals surface area contributed by atoms with Crippen LogP contribution in [-0.4, -0.2) is 24.4 Å². The third-order valence-electron chi connectivity index (χ3n) is 2.28. The van der Waals surface area contributed by atoms with Crippen molar-refractivity contribution >= 4 is 17.7 Å². The molecule has 0 amide bonds. The first-order valence-corrected chi connectivity index (χ1v) is 5.77. The highest BCUT2D eigenvalue weighted by Crippen LogP contribution is 2.30. The standard InChI is InChI=1S/C11H14O3S/c1-7(11(12)13)8-4-5-9(14-2)10(6-8)15-3/h4-7H,1-3H3,(H,12,13). The molecule has 15 heavy (non-hydrogen) atoms. The SMILES string of the molecule is COc1ccc(C(C)C(=O)O)cc1SC. The molecule has 0 aliphatic rings. The van der Waals surface area contributed by atoms with Crippen molar-refractivity contribution in [1.82, 2.24) is 0 Å². The minimum absolute atomic E-state index is 0.484. The first-order chi connectivity index (χ1) is 7.10. The third-order valence-corrected chi connectivity index (χ3v) is 3.04. The van der Waals surface area contributed by atoms with E-state index in [1.807, 2.05) is 12.3 Å². The summed E-state index contributed by atoms with van der Waals surface area (Å²) in [6.45, 7) is 1.67. The molecule has 0 radical (unpaired) electrons. The number of thioether (sulfide) groups is 1. The lowest BCUT2D eigenvalue weighted by Gasteiger charge is -2.11. The van der Waals surface area contributed by atoms with Gasteiger partial charge in [0, 0.05) is 4.90 Å². The van der Waals surface area contributed by atoms with Gasteiger partial charge in [-0.2, -0.15) is 0 Å². The van der Waals surface area contributed by atoms with E-state index >= 15 is 0 Å². The number of hydrogen-bond acceptors (Lipinski definition) is 3. The van der Waals surface area contributed by atoms with Crippen LogP contribution in [0, 0.1) is 0 Å². The number of carboxylic acids is 1. The van der Waals surface area contributed by atoms with Crippen LogP contribution in [-0.2, 0) is 4.79 Å². The van der Waals surface area contributed by atoms with Gasteiger partial charge in [-0.15, -0.1) is 11.8 Å². The normalized spacial score (nSPS) is 12.2. The van der Waals surface area contributed by atoms with Gasteiger partial charge >= 0.3 is 5.97 Å². The highest BCUT2D eigenvalue weighted by molar-refractivity contribution is 7.98. The molecule has 0 aromatic heterocycles. The number of carbonyl (C=O) groups is 1. The summed E-state index contributed by atoms with van der Waals surface area (Å²) in [4.78, 5) is 11.8. The Hall–Kier alpha value is -1.16. The highest BCUT2D eigenvalue weighted by Gasteiger charge is 2.15. The van der Waals surface area contributed by atoms with Gasteiger partial charge in [0.1, 0.15) is 5.75 Å². The molecular weight excluding hydrogens is 212 g/mol. The van der Waals surface area contributed by atoms with Crippen molar-refractivity contribution in [3.63, 3.8) is 0 Å². The summed E-state index contributed by atoms with van der Waals surface area (Å²) in [5, 5.41) is 8.89. The predicted molar refractivity (Wildman–Crippen MR) is 60.8 cm³/mol. The second kappa shape index (κ2) is 5.07. The van der Waals surface area contributed by atoms with E-state index in [2.05, 4.69) is 0 Å². The zero-order valence-corrected chi connectivity index (χ0v) is 9.80. The molecular formula is C11H14O3S. The van der Waals surface area contributed by atoms with Gasteiger partial charge < -0.3 is 9.84 Å². The molecule has 0 fully saturated rings. The van der Waals surface area contributed by atoms with Crippen molar-refractivity contribution in [3.8, 4) is 5.75 Å². The maximum Gasteiger partial charge on any atom is 0.310 e. The van der Waals surface area contributed by atoms with Crippen LogP contribution in [0.25, 0.3) is 0 Å². The summed E-state index contributed by atoms with van der Waals surface area (Å²) in [5.74, 6) is -0.516. The Labute approximate surface area is 93.4 Å². The molecule has 1 aromatic carbocycles. The Balaban J connectivity index is 3.07. The lowest BCUT2D eigenvalue weighted by atomic mass is 10.0. The van der Waals surface area contributed by atoms with Gasteiger partial charge in [-0.3, -0.25) is 4.79 Å². The molecule has 0 heterocycles. The Morgan fingerprint density at radius 1 is 1.53 bits per heavy atom. The molecule has 0 aliphatic carbocycles. The summed E-state index contributed by atoms with van der Waals surface area (Å²) >= 11 is 1.55. The Bertz CT molecular complexity index is 363. The molecule has 1 unspecified atom stereocenters. The van der Waals surface area contributed by atoms with Gasteiger partial charge in [0.15, 0.2) is 0 Å². The van der Waals surface area contributed by atoms with E-state index < -0.39 is 11.9 Å². The number of rotatable bonds is 4. The summed E-state index contributed by atoms with van der Waals surface area (Å²) in [5.41, 5.74) is 0.799. The van der Waals surface area contributed by atoms with E-state index in [-0.39, 0.29) is 0 Å². The summed E-state index contributed by atoms with van der Waals surface area (Å²) in [7, 11) is 1.61. The topological polar surface area (TPSA) is 46.5 Å². The van der Waals surface area contributed by atoms with Crippen molar-refractivity contribution in [2.75, 3.05) is 13.4 Å². The fourth-order valence-electron chi connectivity index (χ4n) is 1.26. The zero-order valence-electron chi connectivity index (χ0n) is 8.98. The zero-order chi connectivity index (χ0) is 11.4. The number of aliphatic carboxylic acids is 1. The monoisotopic (exact) mass is 226 g/mol. The second-order valence-corrected chi connectivity index (χ2v) is 4.02. The fraction of sp³-hybridized carbons (Fsp3) is 0.364. The number of methoxy groups -OCH3 is 1. The maximum atomic E-state index is 10.8. The number of ether oxygens (including phenoxy) is 1. The molecule has 0 bridgehead atoms. The summed E-state index contributed by atoms with van der Waals surface area (Å²) in [6.07, 6.45) is 1.94. The van der Waals surface area contributed by atoms with Crippen LogP contribution in [0.2, 0.25) is 0 Å². The molecule has 0 saturated heterocycles. The van der Waals surface area contributed by atoms with Crippen molar-refractivity contribution in [1.29, 1.82) is 0 Å². The second-order valence-electron chi connectivity index (χ2n) is 3.17. The quantitative estimate of drug-likeness (QED) is 0.802. The van der Waals surface area contributed by atoms with E-state index in [0.29, 0.717) is 0 Å². The summed E-state index contributed by atoms with van der Waals surface area (Å²) in [6, 6.07) is 5.46. The molecule has 82 valence electrons. The number of hydrogen-bond donors (Lipinski definition) is 1. The van der Waals surface area contributed by atoms with E-state index in [1.165, 1.54) is 0 Å². The molecule has 0 spiro atoms. The van der Waals surface area contributed by atoms with Gasteiger partial charge in [-0.1, -0.05) is 6.07 Å². The molecule has 0 saturated carbocycles. The van der Waals surface area contributed by atoms with E-state index in [9.17, 15) is 4.79 Å². The van der Waals surface area contributed by atoms with Crippen LogP contribution in [0.4, 0.5) is 0 Å². The van der Waals surface area contributed by atoms with Crippen LogP contribution in [0.3, 0.4) is 0 Å². The van der Waals surface area contributed by atoms with Gasteiger partial charge in [0.2, 0.25) is 0 Å². The van der Waals surface area contributed by atoms with Gasteiger partial charge in [-0.25, -0.2) is 0 Å². The average molecular weight is 226 g/mol. The van der Waals surface area contributed by atoms with Crippen LogP contribution in [0.5, 0.6) is 5.75 Å². The number of benzene rings is 1. The first kappa shape index (κ1) is 11.9. The number of carboxylic acid groups (broad SMARTS) is 1. The van der Waals surface area contributed by atoms with Crippen molar-refractivity contribution < 1.29 is 14.6 Å². The van der Waals surface area contributed by atoms with Gasteiger partial charge in [0.05, 0.1) is 13.0 Å². The highest BCUT2D eigenvalue weighted by atomic mass is 32.2. The molecule has 3 nitrogen and oxygen atoms in total. The van der Waals surface area contributed by atoms with Gasteiger partial charge in [-0.05, 0) is 30.9 Å². The average Bonchev–Trinajstić information content (AvgIpc) is 2.26. The Morgan fingerprint density at radius 3 is 2.67 bits per heavy atom. The molecule has 1 rings (SSSR count). The molecule has 1 aromatic rings. The van der Waals surface area contributed by atoms with Crippen molar-refractivity contribution in [3.05, 3.63) is 23.8 Å². The predicted octanol–water partition coefficient (Wildman–Crippen LogP) is 2.61. The fourth-order valence-corrected chi connectivity index (χ4v) is 1.87. The van der Waals surface area contributed by atoms with Crippen molar-refractivity contribution in [2.45, 2.75) is 17.7 Å². The van der Waals surface area contributed by atoms with E-state index in [1.54, 1.807) is 37.9 Å². The lowest BCUT2D eigenvalue weighted by molar-refractivity contribution is -0.138. The lowest BCUT2D eigenvalue weighted by Crippen LogP contribution is -2.07. The third kappa shape index (κ3) is 2.65. The van der Waals surface area contributed by atoms with Crippen molar-refractivity contribution in [2.24, 2.45) is 0 Å². The maximum absolute atomic E-state index is 10.8. The largest absolute Gasteiger partial charge is 0.496 e. The molecule has 0 aliphatic heterocycles. The smallest absolute Gasteiger partial charge is 0.310 e. The van der Waals surface area contributed by atoms with Crippen LogP contribution >= 0.6 is 11.8 Å². The Kier molecular flexibility index (Phi) is 4.03. The molecule has 1 atom stereocenters. The minimum atomic E-state index is -0.813. The minimum Gasteiger partial charge on any atom is -0.496 e. The molecule has 1 N–H and O–H groups in total. The van der Waals surface area contributed by atoms with E-state index in [0.717, 1.165) is 16.2 Å². The van der Waals surface area contributed by atoms with Crippen LogP contribution in [0.1, 0.15) is 18.4 Å². The first-order valence-electron chi connectivity index (χ1n) is 4.55. The van der Waals surface area contributed by atoms with Crippen LogP contribution < -0.4 is 4.74 Å². The Morgan fingerprint density at radius 2 is 2.20 bits per heavy atom.